The molecule has 2 aromatic carbocycles. The number of fused-ring (bicyclic) bond motifs is 1. The van der Waals surface area contributed by atoms with E-state index in [1.54, 1.807) is 10.8 Å². The van der Waals surface area contributed by atoms with Gasteiger partial charge in [-0.05, 0) is 41.7 Å². The van der Waals surface area contributed by atoms with Gasteiger partial charge in [-0.1, -0.05) is 51.1 Å². The van der Waals surface area contributed by atoms with Gasteiger partial charge in [-0.2, -0.15) is 5.10 Å². The molecule has 1 amide bonds. The highest BCUT2D eigenvalue weighted by Crippen LogP contribution is 2.28. The average molecular weight is 445 g/mol. The van der Waals surface area contributed by atoms with E-state index in [4.69, 9.17) is 4.42 Å². The third kappa shape index (κ3) is 4.11. The lowest BCUT2D eigenvalue weighted by atomic mass is 9.95. The second-order valence-electron chi connectivity index (χ2n) is 9.87. The fourth-order valence-corrected chi connectivity index (χ4v) is 4.56. The first-order chi connectivity index (χ1) is 15.8. The maximum Gasteiger partial charge on any atom is 0.343 e. The monoisotopic (exact) mass is 444 g/mol. The van der Waals surface area contributed by atoms with Crippen LogP contribution in [-0.4, -0.2) is 38.7 Å². The molecular weight excluding hydrogens is 416 g/mol. The number of nitrogens with one attached hydrogen (secondary N) is 1. The first-order valence-corrected chi connectivity index (χ1v) is 11.3. The maximum absolute atomic E-state index is 12.6. The van der Waals surface area contributed by atoms with Gasteiger partial charge >= 0.3 is 5.69 Å². The number of furan rings is 1. The van der Waals surface area contributed by atoms with Crippen molar-refractivity contribution in [2.75, 3.05) is 13.1 Å². The summed E-state index contributed by atoms with van der Waals surface area (Å²) in [6, 6.07) is 16.1. The van der Waals surface area contributed by atoms with Gasteiger partial charge < -0.3 is 9.32 Å². The third-order valence-electron chi connectivity index (χ3n) is 6.34. The standard InChI is InChI=1S/C26H28N4O3/c1-26(2,3)24(31)29-12-10-17(15-29)16-30-23(27-28-25(30)32)19-6-4-18(5-7-19)20-8-9-22-21(14-20)11-13-33-22/h4-9,11,13-14,17H,10,12,15-16H2,1-3H3,(H,28,32). The third-order valence-corrected chi connectivity index (χ3v) is 6.34. The lowest BCUT2D eigenvalue weighted by Gasteiger charge is -2.25. The van der Waals surface area contributed by atoms with Crippen LogP contribution in [-0.2, 0) is 11.3 Å². The minimum atomic E-state index is -0.392. The largest absolute Gasteiger partial charge is 0.464 e. The molecule has 7 heteroatoms. The highest BCUT2D eigenvalue weighted by molar-refractivity contribution is 5.84. The van der Waals surface area contributed by atoms with Crippen LogP contribution in [0.3, 0.4) is 0 Å². The predicted octanol–water partition coefficient (Wildman–Crippen LogP) is 4.55. The first-order valence-electron chi connectivity index (χ1n) is 11.3. The fourth-order valence-electron chi connectivity index (χ4n) is 4.56. The van der Waals surface area contributed by atoms with Crippen LogP contribution in [0.1, 0.15) is 27.2 Å². The quantitative estimate of drug-likeness (QED) is 0.501. The summed E-state index contributed by atoms with van der Waals surface area (Å²) in [5.41, 5.74) is 3.31. The molecule has 0 aliphatic carbocycles. The van der Waals surface area contributed by atoms with Crippen LogP contribution in [0.15, 0.2) is 64.0 Å². The number of carbonyl (C=O) groups is 1. The van der Waals surface area contributed by atoms with Crippen molar-refractivity contribution in [1.82, 2.24) is 19.7 Å². The van der Waals surface area contributed by atoms with Crippen LogP contribution in [0.25, 0.3) is 33.5 Å². The summed E-state index contributed by atoms with van der Waals surface area (Å²) in [6.45, 7) is 7.77. The predicted molar refractivity (Wildman–Crippen MR) is 128 cm³/mol. The molecule has 0 bridgehead atoms. The number of likely N-dealkylation sites (tertiary alicyclic amines) is 1. The van der Waals surface area contributed by atoms with Crippen LogP contribution in [0, 0.1) is 11.3 Å². The zero-order valence-electron chi connectivity index (χ0n) is 19.2. The molecule has 5 rings (SSSR count). The molecule has 0 saturated carbocycles. The summed E-state index contributed by atoms with van der Waals surface area (Å²) >= 11 is 0. The van der Waals surface area contributed by atoms with Crippen LogP contribution in [0.4, 0.5) is 0 Å². The number of H-pyrrole nitrogens is 1. The number of aromatic amines is 1. The van der Waals surface area contributed by atoms with Crippen molar-refractivity contribution in [2.45, 2.75) is 33.7 Å². The zero-order valence-corrected chi connectivity index (χ0v) is 19.2. The van der Waals surface area contributed by atoms with E-state index in [1.807, 2.05) is 68.1 Å². The SMILES string of the molecule is CC(C)(C)C(=O)N1CCC(Cn2c(-c3ccc(-c4ccc5occc5c4)cc3)n[nH]c2=O)C1. The fraction of sp³-hybridized carbons (Fsp3) is 0.346. The summed E-state index contributed by atoms with van der Waals surface area (Å²) in [6.07, 6.45) is 2.57. The molecule has 3 heterocycles. The second-order valence-corrected chi connectivity index (χ2v) is 9.87. The Bertz CT molecular complexity index is 1350. The van der Waals surface area contributed by atoms with Crippen molar-refractivity contribution >= 4 is 16.9 Å². The van der Waals surface area contributed by atoms with E-state index < -0.39 is 5.41 Å². The van der Waals surface area contributed by atoms with Crippen LogP contribution in [0.5, 0.6) is 0 Å². The van der Waals surface area contributed by atoms with Gasteiger partial charge in [-0.25, -0.2) is 9.89 Å². The number of carbonyl (C=O) groups excluding carboxylic acids is 1. The van der Waals surface area contributed by atoms with E-state index in [-0.39, 0.29) is 17.5 Å². The maximum atomic E-state index is 12.6. The van der Waals surface area contributed by atoms with Gasteiger partial charge in [0.05, 0.1) is 6.26 Å². The van der Waals surface area contributed by atoms with Crippen molar-refractivity contribution in [1.29, 1.82) is 0 Å². The average Bonchev–Trinajstić information content (AvgIpc) is 3.53. The number of nitrogens with zero attached hydrogens (tertiary/aromatic N) is 3. The Hall–Kier alpha value is -3.61. The molecule has 0 spiro atoms. The van der Waals surface area contributed by atoms with Crippen LogP contribution >= 0.6 is 0 Å². The minimum Gasteiger partial charge on any atom is -0.464 e. The van der Waals surface area contributed by atoms with Crippen LogP contribution < -0.4 is 5.69 Å². The number of hydrogen-bond acceptors (Lipinski definition) is 4. The topological polar surface area (TPSA) is 84.1 Å². The normalized spacial score (nSPS) is 16.6. The molecular formula is C26H28N4O3. The molecule has 170 valence electrons. The molecule has 7 nitrogen and oxygen atoms in total. The Morgan fingerprint density at radius 2 is 1.82 bits per heavy atom. The zero-order chi connectivity index (χ0) is 23.2. The number of aromatic nitrogens is 3. The summed E-state index contributed by atoms with van der Waals surface area (Å²) in [4.78, 5) is 27.0. The smallest absolute Gasteiger partial charge is 0.343 e. The molecule has 1 unspecified atom stereocenters. The second kappa shape index (κ2) is 8.06. The van der Waals surface area contributed by atoms with E-state index in [9.17, 15) is 9.59 Å². The van der Waals surface area contributed by atoms with Gasteiger partial charge in [0.2, 0.25) is 5.91 Å². The van der Waals surface area contributed by atoms with E-state index in [2.05, 4.69) is 16.3 Å². The molecule has 1 atom stereocenters. The lowest BCUT2D eigenvalue weighted by Crippen LogP contribution is -2.38. The highest BCUT2D eigenvalue weighted by atomic mass is 16.3. The Kier molecular flexibility index (Phi) is 5.19. The van der Waals surface area contributed by atoms with Gasteiger partial charge in [0.1, 0.15) is 5.58 Å². The van der Waals surface area contributed by atoms with E-state index >= 15 is 0 Å². The Morgan fingerprint density at radius 1 is 1.09 bits per heavy atom. The van der Waals surface area contributed by atoms with E-state index in [1.165, 1.54) is 0 Å². The van der Waals surface area contributed by atoms with E-state index in [0.29, 0.717) is 18.9 Å². The van der Waals surface area contributed by atoms with Crippen LogP contribution in [0.2, 0.25) is 0 Å². The molecule has 33 heavy (non-hydrogen) atoms. The molecule has 1 N–H and O–H groups in total. The van der Waals surface area contributed by atoms with Gasteiger partial charge in [0.15, 0.2) is 5.82 Å². The van der Waals surface area contributed by atoms with Crippen molar-refractivity contribution in [2.24, 2.45) is 11.3 Å². The molecule has 1 fully saturated rings. The minimum absolute atomic E-state index is 0.161. The van der Waals surface area contributed by atoms with E-state index in [0.717, 1.165) is 40.6 Å². The van der Waals surface area contributed by atoms with Crippen molar-refractivity contribution < 1.29 is 9.21 Å². The molecule has 2 aromatic heterocycles. The molecule has 0 radical (unpaired) electrons. The molecule has 1 saturated heterocycles. The van der Waals surface area contributed by atoms with Gasteiger partial charge in [-0.15, -0.1) is 0 Å². The summed E-state index contributed by atoms with van der Waals surface area (Å²) in [5, 5.41) is 7.95. The molecule has 1 aliphatic heterocycles. The lowest BCUT2D eigenvalue weighted by molar-refractivity contribution is -0.138. The van der Waals surface area contributed by atoms with Gasteiger partial charge in [0, 0.05) is 36.0 Å². The summed E-state index contributed by atoms with van der Waals surface area (Å²) in [7, 11) is 0. The molecule has 4 aromatic rings. The Balaban J connectivity index is 1.35. The number of rotatable bonds is 4. The first kappa shape index (κ1) is 21.2. The van der Waals surface area contributed by atoms with Gasteiger partial charge in [-0.3, -0.25) is 9.36 Å². The van der Waals surface area contributed by atoms with Gasteiger partial charge in [0.25, 0.3) is 0 Å². The summed E-state index contributed by atoms with van der Waals surface area (Å²) < 4.78 is 7.12. The van der Waals surface area contributed by atoms with Crippen molar-refractivity contribution in [3.63, 3.8) is 0 Å². The number of hydrogen-bond donors (Lipinski definition) is 1. The number of benzene rings is 2. The molecule has 1 aliphatic rings. The highest BCUT2D eigenvalue weighted by Gasteiger charge is 2.33. The van der Waals surface area contributed by atoms with Crippen molar-refractivity contribution in [3.05, 3.63) is 65.3 Å². The van der Waals surface area contributed by atoms with Crippen molar-refractivity contribution in [3.8, 4) is 22.5 Å². The Labute approximate surface area is 192 Å². The number of amides is 1. The Morgan fingerprint density at radius 3 is 2.58 bits per heavy atom. The summed E-state index contributed by atoms with van der Waals surface area (Å²) in [5.74, 6) is 1.01.